The van der Waals surface area contributed by atoms with E-state index in [1.165, 1.54) is 12.5 Å². The zero-order valence-electron chi connectivity index (χ0n) is 7.08. The van der Waals surface area contributed by atoms with Gasteiger partial charge in [-0.15, -0.1) is 0 Å². The van der Waals surface area contributed by atoms with Crippen LogP contribution in [-0.4, -0.2) is 33.1 Å². The van der Waals surface area contributed by atoms with Crippen LogP contribution in [0.4, 0.5) is 0 Å². The molecule has 1 aromatic heterocycles. The Morgan fingerprint density at radius 3 is 3.00 bits per heavy atom. The molecule has 0 aromatic carbocycles. The van der Waals surface area contributed by atoms with Gasteiger partial charge in [0.25, 0.3) is 5.91 Å². The summed E-state index contributed by atoms with van der Waals surface area (Å²) in [6, 6.07) is 0. The summed E-state index contributed by atoms with van der Waals surface area (Å²) >= 11 is 0. The minimum atomic E-state index is -0.359. The van der Waals surface area contributed by atoms with Crippen LogP contribution in [0.1, 0.15) is 23.3 Å². The van der Waals surface area contributed by atoms with Gasteiger partial charge in [-0.25, -0.2) is 4.98 Å². The molecule has 1 amide bonds. The van der Waals surface area contributed by atoms with Crippen molar-refractivity contribution in [3.8, 4) is 0 Å². The van der Waals surface area contributed by atoms with Gasteiger partial charge in [0.1, 0.15) is 5.69 Å². The number of aromatic amines is 1. The predicted molar refractivity (Wildman–Crippen MR) is 45.1 cm³/mol. The quantitative estimate of drug-likeness (QED) is 0.597. The zero-order chi connectivity index (χ0) is 9.31. The van der Waals surface area contributed by atoms with E-state index in [9.17, 15) is 4.79 Å². The Morgan fingerprint density at radius 2 is 2.54 bits per heavy atom. The molecule has 0 spiro atoms. The van der Waals surface area contributed by atoms with Gasteiger partial charge in [-0.3, -0.25) is 4.79 Å². The molecular weight excluding hydrogens is 170 g/mol. The van der Waals surface area contributed by atoms with Crippen LogP contribution in [0, 0.1) is 0 Å². The Kier molecular flexibility index (Phi) is 1.81. The molecule has 13 heavy (non-hydrogen) atoms. The second kappa shape index (κ2) is 2.85. The molecule has 1 aliphatic carbocycles. The molecule has 1 saturated carbocycles. The second-order valence-corrected chi connectivity index (χ2v) is 3.36. The fourth-order valence-corrected chi connectivity index (χ4v) is 1.16. The van der Waals surface area contributed by atoms with Crippen LogP contribution < -0.4 is 5.32 Å². The largest absolute Gasteiger partial charge is 0.394 e. The first kappa shape index (κ1) is 8.25. The van der Waals surface area contributed by atoms with Gasteiger partial charge in [0.2, 0.25) is 0 Å². The SMILES string of the molecule is O=C(NC1(CO)CC1)c1cnc[nH]1. The molecule has 1 aliphatic rings. The van der Waals surface area contributed by atoms with Gasteiger partial charge >= 0.3 is 0 Å². The van der Waals surface area contributed by atoms with E-state index in [0.717, 1.165) is 12.8 Å². The Morgan fingerprint density at radius 1 is 1.77 bits per heavy atom. The van der Waals surface area contributed by atoms with Crippen LogP contribution in [0.5, 0.6) is 0 Å². The molecule has 0 aliphatic heterocycles. The van der Waals surface area contributed by atoms with E-state index in [1.807, 2.05) is 0 Å². The minimum absolute atomic E-state index is 0.00682. The molecule has 0 unspecified atom stereocenters. The maximum absolute atomic E-state index is 11.4. The molecule has 2 rings (SSSR count). The van der Waals surface area contributed by atoms with E-state index in [0.29, 0.717) is 5.69 Å². The highest BCUT2D eigenvalue weighted by Crippen LogP contribution is 2.34. The Balaban J connectivity index is 2.00. The fourth-order valence-electron chi connectivity index (χ4n) is 1.16. The molecule has 0 radical (unpaired) electrons. The molecule has 1 heterocycles. The minimum Gasteiger partial charge on any atom is -0.394 e. The average Bonchev–Trinajstić information content (AvgIpc) is 2.69. The number of imidazole rings is 1. The maximum Gasteiger partial charge on any atom is 0.269 e. The van der Waals surface area contributed by atoms with Gasteiger partial charge in [-0.1, -0.05) is 0 Å². The number of nitrogens with one attached hydrogen (secondary N) is 2. The molecule has 3 N–H and O–H groups in total. The third-order valence-corrected chi connectivity index (χ3v) is 2.28. The van der Waals surface area contributed by atoms with E-state index in [1.54, 1.807) is 0 Å². The lowest BCUT2D eigenvalue weighted by atomic mass is 10.3. The normalized spacial score (nSPS) is 18.2. The highest BCUT2D eigenvalue weighted by atomic mass is 16.3. The van der Waals surface area contributed by atoms with E-state index in [2.05, 4.69) is 15.3 Å². The van der Waals surface area contributed by atoms with Gasteiger partial charge in [0.15, 0.2) is 0 Å². The predicted octanol–water partition coefficient (Wildman–Crippen LogP) is -0.336. The first-order valence-electron chi connectivity index (χ1n) is 4.17. The number of aromatic nitrogens is 2. The molecular formula is C8H11N3O2. The van der Waals surface area contributed by atoms with Crippen molar-refractivity contribution in [2.75, 3.05) is 6.61 Å². The van der Waals surface area contributed by atoms with Crippen LogP contribution in [-0.2, 0) is 0 Å². The lowest BCUT2D eigenvalue weighted by Gasteiger charge is -2.12. The summed E-state index contributed by atoms with van der Waals surface area (Å²) < 4.78 is 0. The third-order valence-electron chi connectivity index (χ3n) is 2.28. The van der Waals surface area contributed by atoms with Gasteiger partial charge in [0.05, 0.1) is 24.7 Å². The second-order valence-electron chi connectivity index (χ2n) is 3.36. The smallest absolute Gasteiger partial charge is 0.269 e. The highest BCUT2D eigenvalue weighted by molar-refractivity contribution is 5.92. The molecule has 0 saturated heterocycles. The summed E-state index contributed by atoms with van der Waals surface area (Å²) in [5, 5.41) is 11.7. The summed E-state index contributed by atoms with van der Waals surface area (Å²) in [6.45, 7) is 0.00682. The topological polar surface area (TPSA) is 78.0 Å². The number of hydrogen-bond donors (Lipinski definition) is 3. The van der Waals surface area contributed by atoms with Gasteiger partial charge in [0, 0.05) is 0 Å². The Labute approximate surface area is 75.2 Å². The number of aliphatic hydroxyl groups is 1. The van der Waals surface area contributed by atoms with Gasteiger partial charge in [-0.2, -0.15) is 0 Å². The lowest BCUT2D eigenvalue weighted by Crippen LogP contribution is -2.39. The first-order valence-corrected chi connectivity index (χ1v) is 4.17. The molecule has 70 valence electrons. The van der Waals surface area contributed by atoms with Gasteiger partial charge in [-0.05, 0) is 12.8 Å². The third kappa shape index (κ3) is 1.55. The number of carbonyl (C=O) groups excluding carboxylic acids is 1. The van der Waals surface area contributed by atoms with E-state index < -0.39 is 0 Å². The number of aliphatic hydroxyl groups excluding tert-OH is 1. The molecule has 5 nitrogen and oxygen atoms in total. The Hall–Kier alpha value is -1.36. The summed E-state index contributed by atoms with van der Waals surface area (Å²) in [7, 11) is 0. The first-order chi connectivity index (χ1) is 6.26. The summed E-state index contributed by atoms with van der Waals surface area (Å²) in [6.07, 6.45) is 4.61. The van der Waals surface area contributed by atoms with Crippen molar-refractivity contribution in [2.45, 2.75) is 18.4 Å². The number of nitrogens with zero attached hydrogens (tertiary/aromatic N) is 1. The Bertz CT molecular complexity index is 303. The van der Waals surface area contributed by atoms with Crippen molar-refractivity contribution in [3.05, 3.63) is 18.2 Å². The van der Waals surface area contributed by atoms with Crippen LogP contribution in [0.15, 0.2) is 12.5 Å². The average molecular weight is 181 g/mol. The van der Waals surface area contributed by atoms with E-state index in [4.69, 9.17) is 5.11 Å². The standard InChI is InChI=1S/C8H11N3O2/c12-4-8(1-2-8)11-7(13)6-3-9-5-10-6/h3,5,12H,1-2,4H2,(H,9,10)(H,11,13). The van der Waals surface area contributed by atoms with Crippen molar-refractivity contribution in [1.82, 2.24) is 15.3 Å². The van der Waals surface area contributed by atoms with Crippen molar-refractivity contribution in [2.24, 2.45) is 0 Å². The molecule has 0 bridgehead atoms. The number of hydrogen-bond acceptors (Lipinski definition) is 3. The van der Waals surface area contributed by atoms with Crippen molar-refractivity contribution in [3.63, 3.8) is 0 Å². The summed E-state index contributed by atoms with van der Waals surface area (Å²) in [5.41, 5.74) is 0.0714. The number of amides is 1. The van der Waals surface area contributed by atoms with Crippen molar-refractivity contribution in [1.29, 1.82) is 0 Å². The fraction of sp³-hybridized carbons (Fsp3) is 0.500. The summed E-state index contributed by atoms with van der Waals surface area (Å²) in [5.74, 6) is -0.205. The van der Waals surface area contributed by atoms with Crippen molar-refractivity contribution >= 4 is 5.91 Å². The molecule has 0 atom stereocenters. The molecule has 1 fully saturated rings. The zero-order valence-corrected chi connectivity index (χ0v) is 7.08. The van der Waals surface area contributed by atoms with Gasteiger partial charge < -0.3 is 15.4 Å². The summed E-state index contributed by atoms with van der Waals surface area (Å²) in [4.78, 5) is 17.9. The number of rotatable bonds is 3. The maximum atomic E-state index is 11.4. The van der Waals surface area contributed by atoms with Crippen molar-refractivity contribution < 1.29 is 9.90 Å². The monoisotopic (exact) mass is 181 g/mol. The lowest BCUT2D eigenvalue weighted by molar-refractivity contribution is 0.0902. The van der Waals surface area contributed by atoms with Crippen LogP contribution >= 0.6 is 0 Å². The highest BCUT2D eigenvalue weighted by Gasteiger charge is 2.43. The van der Waals surface area contributed by atoms with Crippen LogP contribution in [0.25, 0.3) is 0 Å². The van der Waals surface area contributed by atoms with E-state index in [-0.39, 0.29) is 18.1 Å². The van der Waals surface area contributed by atoms with E-state index >= 15 is 0 Å². The number of carbonyl (C=O) groups is 1. The van der Waals surface area contributed by atoms with Crippen LogP contribution in [0.2, 0.25) is 0 Å². The molecule has 5 heteroatoms. The number of H-pyrrole nitrogens is 1. The molecule has 1 aromatic rings. The van der Waals surface area contributed by atoms with Crippen LogP contribution in [0.3, 0.4) is 0 Å².